The Morgan fingerprint density at radius 2 is 1.74 bits per heavy atom. The summed E-state index contributed by atoms with van der Waals surface area (Å²) >= 11 is 0. The van der Waals surface area contributed by atoms with Crippen LogP contribution in [0, 0.1) is 0 Å². The van der Waals surface area contributed by atoms with Crippen LogP contribution in [-0.4, -0.2) is 68.3 Å². The predicted molar refractivity (Wildman–Crippen MR) is 107 cm³/mol. The standard InChI is InChI=1S/C18H17F3N4O3.C2HF3O2/c19-18(20,21)28-12-3-1-11(2-4-12)25-17-15(16(24-25)10-7-22-8-10)13(5-6-23-17)14(27)9-26;3-2(4,5)1(6)7/h1-6,10,14,22,26-27H,7-9H2;(H,6,7). The van der Waals surface area contributed by atoms with Crippen LogP contribution in [0.1, 0.15) is 23.3 Å². The molecular formula is C20H18F6N4O5. The molecule has 1 aliphatic rings. The largest absolute Gasteiger partial charge is 0.573 e. The maximum absolute atomic E-state index is 12.4. The first-order valence-corrected chi connectivity index (χ1v) is 9.85. The number of carbonyl (C=O) groups is 1. The molecule has 1 aliphatic heterocycles. The molecule has 0 bridgehead atoms. The summed E-state index contributed by atoms with van der Waals surface area (Å²) in [6.45, 7) is 0.984. The number of aliphatic hydroxyl groups excluding tert-OH is 2. The minimum absolute atomic E-state index is 0.116. The number of fused-ring (bicyclic) bond motifs is 1. The number of alkyl halides is 6. The van der Waals surface area contributed by atoms with Gasteiger partial charge in [-0.15, -0.1) is 13.2 Å². The van der Waals surface area contributed by atoms with Gasteiger partial charge in [0.1, 0.15) is 11.9 Å². The highest BCUT2D eigenvalue weighted by Crippen LogP contribution is 2.33. The minimum atomic E-state index is -5.08. The topological polar surface area (TPSA) is 130 Å². The molecule has 1 unspecified atom stereocenters. The van der Waals surface area contributed by atoms with Crippen molar-refractivity contribution in [2.75, 3.05) is 19.7 Å². The highest BCUT2D eigenvalue weighted by atomic mass is 19.4. The van der Waals surface area contributed by atoms with Gasteiger partial charge in [-0.1, -0.05) is 0 Å². The number of aliphatic carboxylic acids is 1. The lowest BCUT2D eigenvalue weighted by Gasteiger charge is -2.26. The number of nitrogens with one attached hydrogen (secondary N) is 1. The van der Waals surface area contributed by atoms with Gasteiger partial charge in [0, 0.05) is 30.6 Å². The van der Waals surface area contributed by atoms with Crippen molar-refractivity contribution in [3.8, 4) is 11.4 Å². The van der Waals surface area contributed by atoms with Gasteiger partial charge >= 0.3 is 18.5 Å². The van der Waals surface area contributed by atoms with Gasteiger partial charge in [-0.3, -0.25) is 0 Å². The maximum Gasteiger partial charge on any atom is 0.573 e. The Kier molecular flexibility index (Phi) is 7.52. The smallest absolute Gasteiger partial charge is 0.475 e. The fraction of sp³-hybridized carbons (Fsp3) is 0.350. The van der Waals surface area contributed by atoms with Crippen LogP contribution in [-0.2, 0) is 4.79 Å². The molecule has 0 spiro atoms. The van der Waals surface area contributed by atoms with Crippen molar-refractivity contribution in [3.63, 3.8) is 0 Å². The fourth-order valence-electron chi connectivity index (χ4n) is 3.21. The first-order valence-electron chi connectivity index (χ1n) is 9.85. The summed E-state index contributed by atoms with van der Waals surface area (Å²) in [6.07, 6.45) is -9.43. The summed E-state index contributed by atoms with van der Waals surface area (Å²) in [5, 5.41) is 35.1. The molecule has 190 valence electrons. The summed E-state index contributed by atoms with van der Waals surface area (Å²) in [6, 6.07) is 6.94. The lowest BCUT2D eigenvalue weighted by atomic mass is 9.94. The molecule has 0 saturated carbocycles. The molecule has 3 aromatic rings. The number of pyridine rings is 1. The van der Waals surface area contributed by atoms with Gasteiger partial charge in [-0.2, -0.15) is 18.3 Å². The molecule has 1 atom stereocenters. The number of rotatable bonds is 5. The summed E-state index contributed by atoms with van der Waals surface area (Å²) in [5.74, 6) is -2.97. The van der Waals surface area contributed by atoms with Crippen LogP contribution in [0.2, 0.25) is 0 Å². The van der Waals surface area contributed by atoms with E-state index in [0.717, 1.165) is 5.69 Å². The summed E-state index contributed by atoms with van der Waals surface area (Å²) in [4.78, 5) is 13.3. The van der Waals surface area contributed by atoms with Gasteiger partial charge in [-0.25, -0.2) is 14.5 Å². The van der Waals surface area contributed by atoms with E-state index in [1.165, 1.54) is 35.1 Å². The van der Waals surface area contributed by atoms with Gasteiger partial charge in [-0.05, 0) is 35.9 Å². The third-order valence-electron chi connectivity index (χ3n) is 4.89. The molecule has 4 rings (SSSR count). The molecule has 1 saturated heterocycles. The molecule has 4 N–H and O–H groups in total. The van der Waals surface area contributed by atoms with E-state index in [4.69, 9.17) is 9.90 Å². The Balaban J connectivity index is 0.000000429. The normalized spacial score (nSPS) is 15.2. The molecule has 1 aromatic carbocycles. The van der Waals surface area contributed by atoms with Gasteiger partial charge in [0.15, 0.2) is 5.65 Å². The second-order valence-corrected chi connectivity index (χ2v) is 7.29. The number of ether oxygens (including phenoxy) is 1. The van der Waals surface area contributed by atoms with Gasteiger partial charge in [0.25, 0.3) is 0 Å². The number of hydrogen-bond acceptors (Lipinski definition) is 7. The Morgan fingerprint density at radius 1 is 1.14 bits per heavy atom. The maximum atomic E-state index is 12.4. The first kappa shape index (κ1) is 26.2. The lowest BCUT2D eigenvalue weighted by molar-refractivity contribution is -0.274. The molecule has 0 aliphatic carbocycles. The van der Waals surface area contributed by atoms with E-state index in [2.05, 4.69) is 20.1 Å². The van der Waals surface area contributed by atoms with E-state index in [1.807, 2.05) is 0 Å². The summed E-state index contributed by atoms with van der Waals surface area (Å²) in [7, 11) is 0. The van der Waals surface area contributed by atoms with Crippen LogP contribution >= 0.6 is 0 Å². The van der Waals surface area contributed by atoms with Crippen molar-refractivity contribution in [2.24, 2.45) is 0 Å². The van der Waals surface area contributed by atoms with Crippen LogP contribution in [0.5, 0.6) is 5.75 Å². The Hall–Kier alpha value is -3.43. The van der Waals surface area contributed by atoms with Crippen LogP contribution in [0.15, 0.2) is 36.5 Å². The summed E-state index contributed by atoms with van der Waals surface area (Å²) in [5.41, 5.74) is 2.19. The number of benzene rings is 1. The van der Waals surface area contributed by atoms with Crippen molar-refractivity contribution in [1.29, 1.82) is 0 Å². The molecule has 35 heavy (non-hydrogen) atoms. The summed E-state index contributed by atoms with van der Waals surface area (Å²) < 4.78 is 74.3. The number of nitrogens with zero attached hydrogens (tertiary/aromatic N) is 3. The number of aliphatic hydroxyl groups is 2. The number of halogens is 6. The minimum Gasteiger partial charge on any atom is -0.475 e. The number of aromatic nitrogens is 3. The van der Waals surface area contributed by atoms with Gasteiger partial charge in [0.05, 0.1) is 18.0 Å². The van der Waals surface area contributed by atoms with Crippen molar-refractivity contribution < 1.29 is 51.2 Å². The highest BCUT2D eigenvalue weighted by Gasteiger charge is 2.38. The van der Waals surface area contributed by atoms with Crippen molar-refractivity contribution in [1.82, 2.24) is 20.1 Å². The molecule has 0 amide bonds. The predicted octanol–water partition coefficient (Wildman–Crippen LogP) is 2.66. The SMILES string of the molecule is O=C(O)C(F)(F)F.OCC(O)c1ccnc2c1c(C1CNC1)nn2-c1ccc(OC(F)(F)F)cc1. The number of hydrogen-bond donors (Lipinski definition) is 4. The second-order valence-electron chi connectivity index (χ2n) is 7.29. The van der Waals surface area contributed by atoms with Crippen LogP contribution in [0.25, 0.3) is 16.7 Å². The third kappa shape index (κ3) is 6.17. The van der Waals surface area contributed by atoms with E-state index in [0.29, 0.717) is 35.4 Å². The van der Waals surface area contributed by atoms with E-state index in [9.17, 15) is 36.6 Å². The zero-order valence-electron chi connectivity index (χ0n) is 17.5. The van der Waals surface area contributed by atoms with E-state index in [-0.39, 0.29) is 11.7 Å². The quantitative estimate of drug-likeness (QED) is 0.387. The monoisotopic (exact) mass is 508 g/mol. The number of carboxylic acids is 1. The molecule has 15 heteroatoms. The van der Waals surface area contributed by atoms with E-state index < -0.39 is 31.2 Å². The average molecular weight is 508 g/mol. The average Bonchev–Trinajstić information content (AvgIpc) is 3.10. The zero-order chi connectivity index (χ0) is 26.0. The molecule has 0 radical (unpaired) electrons. The van der Waals surface area contributed by atoms with Crippen molar-refractivity contribution >= 4 is 17.0 Å². The molecule has 2 aromatic heterocycles. The fourth-order valence-corrected chi connectivity index (χ4v) is 3.21. The molecular weight excluding hydrogens is 490 g/mol. The Labute approximate surface area is 192 Å². The number of carboxylic acid groups (broad SMARTS) is 1. The highest BCUT2D eigenvalue weighted by molar-refractivity contribution is 5.84. The Bertz CT molecular complexity index is 1180. The van der Waals surface area contributed by atoms with Crippen LogP contribution < -0.4 is 10.1 Å². The Morgan fingerprint density at radius 3 is 2.20 bits per heavy atom. The van der Waals surface area contributed by atoms with Crippen molar-refractivity contribution in [2.45, 2.75) is 24.6 Å². The van der Waals surface area contributed by atoms with Crippen LogP contribution in [0.3, 0.4) is 0 Å². The molecule has 3 heterocycles. The zero-order valence-corrected chi connectivity index (χ0v) is 17.5. The van der Waals surface area contributed by atoms with Crippen molar-refractivity contribution in [3.05, 3.63) is 47.8 Å². The van der Waals surface area contributed by atoms with Crippen LogP contribution in [0.4, 0.5) is 26.3 Å². The molecule has 9 nitrogen and oxygen atoms in total. The van der Waals surface area contributed by atoms with E-state index in [1.54, 1.807) is 6.07 Å². The van der Waals surface area contributed by atoms with E-state index >= 15 is 0 Å². The molecule has 1 fully saturated rings. The third-order valence-corrected chi connectivity index (χ3v) is 4.89. The lowest BCUT2D eigenvalue weighted by Crippen LogP contribution is -2.40. The van der Waals surface area contributed by atoms with Gasteiger partial charge in [0.2, 0.25) is 0 Å². The first-order chi connectivity index (χ1) is 16.3. The second kappa shape index (κ2) is 10.1. The van der Waals surface area contributed by atoms with Gasteiger partial charge < -0.3 is 25.4 Å².